The fourth-order valence-corrected chi connectivity index (χ4v) is 1.80. The second-order valence-electron chi connectivity index (χ2n) is 3.86. The van der Waals surface area contributed by atoms with Gasteiger partial charge in [0.15, 0.2) is 6.23 Å². The monoisotopic (exact) mass is 243 g/mol. The third kappa shape index (κ3) is 2.05. The highest BCUT2D eigenvalue weighted by Crippen LogP contribution is 2.28. The summed E-state index contributed by atoms with van der Waals surface area (Å²) in [6.07, 6.45) is -3.33. The van der Waals surface area contributed by atoms with Crippen LogP contribution in [0.5, 0.6) is 5.75 Å². The molecular formula is C10H13NO6. The smallest absolute Gasteiger partial charge is 0.256 e. The molecule has 0 radical (unpaired) electrons. The highest BCUT2D eigenvalue weighted by Gasteiger charge is 2.43. The number of hydrogen-bond acceptors (Lipinski definition) is 6. The number of aromatic nitrogens is 1. The molecule has 0 aromatic carbocycles. The van der Waals surface area contributed by atoms with Crippen molar-refractivity contribution in [2.24, 2.45) is 0 Å². The van der Waals surface area contributed by atoms with Crippen LogP contribution in [0.25, 0.3) is 0 Å². The number of aliphatic hydroxyl groups is 3. The number of aromatic hydroxyl groups is 1. The van der Waals surface area contributed by atoms with E-state index in [-0.39, 0.29) is 5.75 Å². The average Bonchev–Trinajstić information content (AvgIpc) is 2.57. The van der Waals surface area contributed by atoms with Crippen molar-refractivity contribution in [3.63, 3.8) is 0 Å². The van der Waals surface area contributed by atoms with Crippen molar-refractivity contribution < 1.29 is 25.2 Å². The maximum Gasteiger partial charge on any atom is 0.256 e. The molecule has 17 heavy (non-hydrogen) atoms. The van der Waals surface area contributed by atoms with Crippen LogP contribution < -0.4 is 5.56 Å². The number of rotatable bonds is 2. The summed E-state index contributed by atoms with van der Waals surface area (Å²) in [6, 6.07) is 2.23. The molecule has 2 heterocycles. The van der Waals surface area contributed by atoms with Crippen LogP contribution in [0.1, 0.15) is 6.23 Å². The van der Waals surface area contributed by atoms with Crippen molar-refractivity contribution >= 4 is 0 Å². The Morgan fingerprint density at radius 2 is 2.06 bits per heavy atom. The molecule has 2 unspecified atom stereocenters. The van der Waals surface area contributed by atoms with E-state index in [4.69, 9.17) is 14.9 Å². The number of pyridine rings is 1. The summed E-state index contributed by atoms with van der Waals surface area (Å²) in [6.45, 7) is -0.457. The van der Waals surface area contributed by atoms with Gasteiger partial charge < -0.3 is 25.2 Å². The lowest BCUT2D eigenvalue weighted by atomic mass is 10.1. The molecule has 94 valence electrons. The second-order valence-corrected chi connectivity index (χ2v) is 3.86. The molecule has 0 spiro atoms. The highest BCUT2D eigenvalue weighted by molar-refractivity contribution is 5.16. The van der Waals surface area contributed by atoms with Crippen LogP contribution in [0, 0.1) is 0 Å². The van der Waals surface area contributed by atoms with E-state index in [1.165, 1.54) is 12.3 Å². The molecule has 1 aromatic heterocycles. The van der Waals surface area contributed by atoms with Crippen LogP contribution in [-0.2, 0) is 4.74 Å². The molecule has 0 amide bonds. The van der Waals surface area contributed by atoms with Gasteiger partial charge in [-0.3, -0.25) is 9.36 Å². The number of hydrogen-bond donors (Lipinski definition) is 4. The summed E-state index contributed by atoms with van der Waals surface area (Å²) in [5.74, 6) is -0.196. The Balaban J connectivity index is 2.32. The van der Waals surface area contributed by atoms with E-state index < -0.39 is 36.7 Å². The molecule has 2 rings (SSSR count). The van der Waals surface area contributed by atoms with E-state index in [9.17, 15) is 15.0 Å². The molecule has 1 aliphatic rings. The Morgan fingerprint density at radius 1 is 1.35 bits per heavy atom. The molecule has 0 bridgehead atoms. The average molecular weight is 243 g/mol. The van der Waals surface area contributed by atoms with Crippen molar-refractivity contribution in [3.05, 3.63) is 28.7 Å². The van der Waals surface area contributed by atoms with Crippen LogP contribution in [0.2, 0.25) is 0 Å². The van der Waals surface area contributed by atoms with Crippen LogP contribution in [0.3, 0.4) is 0 Å². The second kappa shape index (κ2) is 4.46. The van der Waals surface area contributed by atoms with Crippen LogP contribution in [-0.4, -0.2) is 49.9 Å². The lowest BCUT2D eigenvalue weighted by molar-refractivity contribution is -0.0544. The molecule has 1 aliphatic heterocycles. The van der Waals surface area contributed by atoms with Crippen LogP contribution >= 0.6 is 0 Å². The molecule has 7 heteroatoms. The Labute approximate surface area is 96.1 Å². The highest BCUT2D eigenvalue weighted by atomic mass is 16.6. The zero-order valence-corrected chi connectivity index (χ0v) is 8.80. The van der Waals surface area contributed by atoms with Gasteiger partial charge in [-0.1, -0.05) is 0 Å². The number of aliphatic hydroxyl groups excluding tert-OH is 3. The van der Waals surface area contributed by atoms with E-state index in [2.05, 4.69) is 0 Å². The largest absolute Gasteiger partial charge is 0.508 e. The minimum atomic E-state index is -1.31. The van der Waals surface area contributed by atoms with Gasteiger partial charge in [-0.25, -0.2) is 0 Å². The van der Waals surface area contributed by atoms with Crippen molar-refractivity contribution in [1.82, 2.24) is 4.57 Å². The summed E-state index contributed by atoms with van der Waals surface area (Å²) >= 11 is 0. The minimum absolute atomic E-state index is 0.196. The first-order valence-electron chi connectivity index (χ1n) is 5.08. The van der Waals surface area contributed by atoms with Gasteiger partial charge in [-0.2, -0.15) is 0 Å². The minimum Gasteiger partial charge on any atom is -0.508 e. The SMILES string of the molecule is O=c1cc(O)ccn1[C@@H]1O[C@H](CO)C(O)C1O. The van der Waals surface area contributed by atoms with Crippen molar-refractivity contribution in [2.45, 2.75) is 24.5 Å². The summed E-state index contributed by atoms with van der Waals surface area (Å²) in [5.41, 5.74) is -0.570. The van der Waals surface area contributed by atoms with E-state index >= 15 is 0 Å². The molecular weight excluding hydrogens is 230 g/mol. The zero-order chi connectivity index (χ0) is 12.6. The van der Waals surface area contributed by atoms with Crippen molar-refractivity contribution in [3.8, 4) is 5.75 Å². The van der Waals surface area contributed by atoms with E-state index in [0.717, 1.165) is 10.6 Å². The molecule has 1 fully saturated rings. The maximum absolute atomic E-state index is 11.5. The van der Waals surface area contributed by atoms with Gasteiger partial charge in [0.25, 0.3) is 5.56 Å². The molecule has 1 saturated heterocycles. The summed E-state index contributed by atoms with van der Waals surface area (Å²) in [5, 5.41) is 37.2. The van der Waals surface area contributed by atoms with Gasteiger partial charge in [0.2, 0.25) is 0 Å². The van der Waals surface area contributed by atoms with Gasteiger partial charge in [0, 0.05) is 12.3 Å². The summed E-state index contributed by atoms with van der Waals surface area (Å²) in [4.78, 5) is 11.5. The first-order chi connectivity index (χ1) is 8.04. The molecule has 0 saturated carbocycles. The van der Waals surface area contributed by atoms with Gasteiger partial charge >= 0.3 is 0 Å². The Morgan fingerprint density at radius 3 is 2.59 bits per heavy atom. The van der Waals surface area contributed by atoms with Crippen molar-refractivity contribution in [1.29, 1.82) is 0 Å². The standard InChI is InChI=1S/C10H13NO6/c12-4-6-8(15)9(16)10(17-6)11-2-1-5(13)3-7(11)14/h1-3,6,8-10,12-13,15-16H,4H2/t6-,8?,9?,10-/m1/s1. The fourth-order valence-electron chi connectivity index (χ4n) is 1.80. The van der Waals surface area contributed by atoms with Crippen LogP contribution in [0.15, 0.2) is 23.1 Å². The van der Waals surface area contributed by atoms with Gasteiger partial charge in [-0.05, 0) is 6.07 Å². The molecule has 4 atom stereocenters. The predicted octanol–water partition coefficient (Wildman–Crippen LogP) is -1.83. The van der Waals surface area contributed by atoms with E-state index in [1.54, 1.807) is 0 Å². The third-order valence-corrected chi connectivity index (χ3v) is 2.72. The van der Waals surface area contributed by atoms with Gasteiger partial charge in [0.1, 0.15) is 24.1 Å². The predicted molar refractivity (Wildman–Crippen MR) is 55.4 cm³/mol. The van der Waals surface area contributed by atoms with Crippen LogP contribution in [0.4, 0.5) is 0 Å². The fraction of sp³-hybridized carbons (Fsp3) is 0.500. The summed E-state index contributed by atoms with van der Waals surface area (Å²) in [7, 11) is 0. The molecule has 1 aromatic rings. The first-order valence-corrected chi connectivity index (χ1v) is 5.08. The van der Waals surface area contributed by atoms with Crippen molar-refractivity contribution in [2.75, 3.05) is 6.61 Å². The molecule has 7 nitrogen and oxygen atoms in total. The summed E-state index contributed by atoms with van der Waals surface area (Å²) < 4.78 is 6.22. The van der Waals surface area contributed by atoms with E-state index in [0.29, 0.717) is 0 Å². The van der Waals surface area contributed by atoms with Gasteiger partial charge in [0.05, 0.1) is 6.61 Å². The zero-order valence-electron chi connectivity index (χ0n) is 8.80. The normalized spacial score (nSPS) is 32.9. The quantitative estimate of drug-likeness (QED) is 0.486. The lowest BCUT2D eigenvalue weighted by Crippen LogP contribution is -2.35. The molecule has 0 aliphatic carbocycles. The Hall–Kier alpha value is -1.41. The topological polar surface area (TPSA) is 112 Å². The molecule has 4 N–H and O–H groups in total. The Kier molecular flexibility index (Phi) is 3.16. The number of nitrogens with zero attached hydrogens (tertiary/aromatic N) is 1. The lowest BCUT2D eigenvalue weighted by Gasteiger charge is -2.17. The number of ether oxygens (including phenoxy) is 1. The maximum atomic E-state index is 11.5. The third-order valence-electron chi connectivity index (χ3n) is 2.72. The first kappa shape index (κ1) is 12.1. The van der Waals surface area contributed by atoms with Gasteiger partial charge in [-0.15, -0.1) is 0 Å². The van der Waals surface area contributed by atoms with E-state index in [1.807, 2.05) is 0 Å². The Bertz CT molecular complexity index is 458.